The van der Waals surface area contributed by atoms with Gasteiger partial charge in [0.2, 0.25) is 0 Å². The van der Waals surface area contributed by atoms with E-state index in [2.05, 4.69) is 29.7 Å². The van der Waals surface area contributed by atoms with Gasteiger partial charge in [-0.25, -0.2) is 4.98 Å². The van der Waals surface area contributed by atoms with Crippen LogP contribution in [-0.2, 0) is 11.3 Å². The smallest absolute Gasteiger partial charge is 0.188 e. The average molecular weight is 467 g/mol. The zero-order chi connectivity index (χ0) is 22.7. The first-order valence-corrected chi connectivity index (χ1v) is 11.1. The summed E-state index contributed by atoms with van der Waals surface area (Å²) < 4.78 is 7.21. The molecule has 2 aromatic carbocycles. The second kappa shape index (κ2) is 9.47. The van der Waals surface area contributed by atoms with Crippen LogP contribution < -0.4 is 0 Å². The van der Waals surface area contributed by atoms with Gasteiger partial charge in [0.1, 0.15) is 5.82 Å². The van der Waals surface area contributed by atoms with Crippen molar-refractivity contribution in [1.82, 2.24) is 9.55 Å². The molecule has 1 atom stereocenters. The lowest BCUT2D eigenvalue weighted by Crippen LogP contribution is -2.28. The number of methoxy groups -OCH3 is 1. The summed E-state index contributed by atoms with van der Waals surface area (Å²) in [7, 11) is 1.50. The molecule has 164 valence electrons. The first kappa shape index (κ1) is 22.6. The second-order valence-corrected chi connectivity index (χ2v) is 8.44. The zero-order valence-electron chi connectivity index (χ0n) is 17.9. The number of benzene rings is 2. The van der Waals surface area contributed by atoms with Crippen molar-refractivity contribution in [2.24, 2.45) is 0 Å². The number of aromatic nitrogens is 2. The van der Waals surface area contributed by atoms with Gasteiger partial charge >= 0.3 is 0 Å². The summed E-state index contributed by atoms with van der Waals surface area (Å²) in [5, 5.41) is 11.4. The first-order valence-electron chi connectivity index (χ1n) is 10.4. The largest absolute Gasteiger partial charge is 0.362 e. The molecule has 1 heterocycles. The van der Waals surface area contributed by atoms with Crippen LogP contribution in [0.2, 0.25) is 10.0 Å². The summed E-state index contributed by atoms with van der Waals surface area (Å²) in [5.41, 5.74) is 4.85. The predicted molar refractivity (Wildman–Crippen MR) is 132 cm³/mol. The van der Waals surface area contributed by atoms with Gasteiger partial charge in [-0.15, -0.1) is 0 Å². The molecule has 0 aliphatic heterocycles. The third-order valence-corrected chi connectivity index (χ3v) is 6.04. The lowest BCUT2D eigenvalue weighted by atomic mass is 9.95. The molecule has 0 fully saturated rings. The second-order valence-electron chi connectivity index (χ2n) is 7.60. The van der Waals surface area contributed by atoms with E-state index in [1.807, 2.05) is 48.7 Å². The monoisotopic (exact) mass is 466 g/mol. The number of hydrogen-bond donors (Lipinski definition) is 1. The number of nitrogens with zero attached hydrogens (tertiary/aromatic N) is 2. The molecule has 1 N–H and O–H groups in total. The minimum atomic E-state index is -1.22. The molecule has 0 saturated heterocycles. The normalized spacial score (nSPS) is 18.3. The van der Waals surface area contributed by atoms with E-state index in [4.69, 9.17) is 32.9 Å². The number of imidazole rings is 1. The molecule has 0 bridgehead atoms. The summed E-state index contributed by atoms with van der Waals surface area (Å²) in [6, 6.07) is 13.7. The number of aryl methyl sites for hydroxylation is 1. The summed E-state index contributed by atoms with van der Waals surface area (Å²) in [4.78, 5) is 4.78. The molecule has 0 radical (unpaired) electrons. The average Bonchev–Trinajstić information content (AvgIpc) is 3.21. The van der Waals surface area contributed by atoms with Crippen molar-refractivity contribution in [2.75, 3.05) is 7.11 Å². The van der Waals surface area contributed by atoms with Crippen LogP contribution >= 0.6 is 23.2 Å². The summed E-state index contributed by atoms with van der Waals surface area (Å²) in [6.45, 7) is 2.87. The van der Waals surface area contributed by atoms with E-state index in [0.29, 0.717) is 16.5 Å². The maximum absolute atomic E-state index is 10.2. The molecular formula is C26H24Cl2N2O2. The molecule has 1 aromatic heterocycles. The Morgan fingerprint density at radius 1 is 1.19 bits per heavy atom. The quantitative estimate of drug-likeness (QED) is 0.409. The maximum atomic E-state index is 10.2. The van der Waals surface area contributed by atoms with Gasteiger partial charge in [0.15, 0.2) is 5.79 Å². The Morgan fingerprint density at radius 2 is 2.03 bits per heavy atom. The van der Waals surface area contributed by atoms with Gasteiger partial charge in [0.25, 0.3) is 0 Å². The molecule has 3 aromatic rings. The molecular weight excluding hydrogens is 443 g/mol. The number of hydrogen-bond acceptors (Lipinski definition) is 3. The minimum Gasteiger partial charge on any atom is -0.362 e. The van der Waals surface area contributed by atoms with E-state index in [-0.39, 0.29) is 0 Å². The highest BCUT2D eigenvalue weighted by atomic mass is 35.5. The molecule has 0 spiro atoms. The van der Waals surface area contributed by atoms with Gasteiger partial charge in [-0.1, -0.05) is 59.6 Å². The van der Waals surface area contributed by atoms with Crippen LogP contribution in [0, 0.1) is 0 Å². The Bertz CT molecular complexity index is 1230. The fourth-order valence-electron chi connectivity index (χ4n) is 3.61. The molecule has 0 saturated carbocycles. The Morgan fingerprint density at radius 3 is 2.72 bits per heavy atom. The third kappa shape index (κ3) is 4.89. The Balaban J connectivity index is 1.58. The van der Waals surface area contributed by atoms with Crippen molar-refractivity contribution in [3.8, 4) is 11.3 Å². The Labute approximate surface area is 198 Å². The van der Waals surface area contributed by atoms with E-state index in [1.54, 1.807) is 12.1 Å². The molecule has 0 amide bonds. The molecule has 4 nitrogen and oxygen atoms in total. The number of rotatable bonds is 6. The number of halogens is 2. The van der Waals surface area contributed by atoms with Crippen molar-refractivity contribution in [3.05, 3.63) is 93.9 Å². The van der Waals surface area contributed by atoms with Crippen LogP contribution in [0.15, 0.2) is 66.9 Å². The highest BCUT2D eigenvalue weighted by Crippen LogP contribution is 2.31. The van der Waals surface area contributed by atoms with E-state index in [9.17, 15) is 5.11 Å². The zero-order valence-corrected chi connectivity index (χ0v) is 19.4. The summed E-state index contributed by atoms with van der Waals surface area (Å²) >= 11 is 12.4. The molecule has 1 unspecified atom stereocenters. The Kier molecular flexibility index (Phi) is 6.68. The van der Waals surface area contributed by atoms with Crippen molar-refractivity contribution < 1.29 is 9.84 Å². The van der Waals surface area contributed by atoms with Gasteiger partial charge in [-0.3, -0.25) is 0 Å². The highest BCUT2D eigenvalue weighted by Gasteiger charge is 2.24. The molecule has 1 aliphatic carbocycles. The number of allylic oxidation sites excluding steroid dienone is 2. The van der Waals surface area contributed by atoms with Gasteiger partial charge in [-0.2, -0.15) is 0 Å². The summed E-state index contributed by atoms with van der Waals surface area (Å²) in [6.07, 6.45) is 12.0. The fraction of sp³-hybridized carbons (Fsp3) is 0.192. The van der Waals surface area contributed by atoms with E-state index >= 15 is 0 Å². The third-order valence-electron chi connectivity index (χ3n) is 5.49. The van der Waals surface area contributed by atoms with Crippen LogP contribution in [0.4, 0.5) is 0 Å². The lowest BCUT2D eigenvalue weighted by molar-refractivity contribution is -0.143. The van der Waals surface area contributed by atoms with Crippen LogP contribution in [0.3, 0.4) is 0 Å². The SMILES string of the molecule is CCn1cc(-c2ccc(Cl)cc2Cl)nc1/C=C/c1cccc(C2=CCC(O)(OC)C=C2)c1. The maximum Gasteiger partial charge on any atom is 0.188 e. The lowest BCUT2D eigenvalue weighted by Gasteiger charge is -2.24. The van der Waals surface area contributed by atoms with Crippen molar-refractivity contribution in [3.63, 3.8) is 0 Å². The van der Waals surface area contributed by atoms with Crippen LogP contribution in [0.5, 0.6) is 0 Å². The van der Waals surface area contributed by atoms with Crippen LogP contribution in [-0.4, -0.2) is 27.6 Å². The van der Waals surface area contributed by atoms with E-state index in [1.165, 1.54) is 7.11 Å². The van der Waals surface area contributed by atoms with Gasteiger partial charge in [0.05, 0.1) is 10.7 Å². The van der Waals surface area contributed by atoms with E-state index in [0.717, 1.165) is 40.3 Å². The van der Waals surface area contributed by atoms with E-state index < -0.39 is 5.79 Å². The number of ether oxygens (including phenoxy) is 1. The predicted octanol–water partition coefficient (Wildman–Crippen LogP) is 6.73. The van der Waals surface area contributed by atoms with Gasteiger partial charge in [-0.05, 0) is 60.0 Å². The van der Waals surface area contributed by atoms with Crippen molar-refractivity contribution in [2.45, 2.75) is 25.7 Å². The topological polar surface area (TPSA) is 47.3 Å². The molecule has 6 heteroatoms. The fourth-order valence-corrected chi connectivity index (χ4v) is 4.12. The van der Waals surface area contributed by atoms with Crippen molar-refractivity contribution >= 4 is 40.9 Å². The van der Waals surface area contributed by atoms with Gasteiger partial charge < -0.3 is 14.4 Å². The van der Waals surface area contributed by atoms with Crippen LogP contribution in [0.25, 0.3) is 29.0 Å². The molecule has 4 rings (SSSR count). The van der Waals surface area contributed by atoms with Gasteiger partial charge in [0, 0.05) is 36.9 Å². The Hall–Kier alpha value is -2.63. The first-order chi connectivity index (χ1) is 15.4. The standard InChI is InChI=1S/C26H24Cl2N2O2/c1-3-30-17-24(22-9-8-21(27)16-23(22)28)29-25(30)10-7-18-5-4-6-20(15-18)19-11-13-26(31,32-2)14-12-19/h4-13,15-17,31H,3,14H2,1-2H3/b10-7+. The molecule has 1 aliphatic rings. The number of aliphatic hydroxyl groups is 1. The van der Waals surface area contributed by atoms with Crippen LogP contribution in [0.1, 0.15) is 30.3 Å². The highest BCUT2D eigenvalue weighted by molar-refractivity contribution is 6.36. The summed E-state index contributed by atoms with van der Waals surface area (Å²) in [5.74, 6) is -0.371. The molecule has 32 heavy (non-hydrogen) atoms. The van der Waals surface area contributed by atoms with Crippen molar-refractivity contribution in [1.29, 1.82) is 0 Å². The minimum absolute atomic E-state index is 0.416.